The molecule has 9 nitrogen and oxygen atoms in total. The number of hydrogen-bond donors (Lipinski definition) is 2. The monoisotopic (exact) mass is 411 g/mol. The Balaban J connectivity index is 1.47. The molecular formula is C22H17N7O2. The summed E-state index contributed by atoms with van der Waals surface area (Å²) >= 11 is 0. The summed E-state index contributed by atoms with van der Waals surface area (Å²) in [7, 11) is 0. The van der Waals surface area contributed by atoms with Gasteiger partial charge in [-0.3, -0.25) is 9.20 Å². The Morgan fingerprint density at radius 1 is 1.06 bits per heavy atom. The lowest BCUT2D eigenvalue weighted by Crippen LogP contribution is -2.12. The second-order valence-electron chi connectivity index (χ2n) is 6.85. The summed E-state index contributed by atoms with van der Waals surface area (Å²) in [4.78, 5) is 17.0. The molecule has 3 aromatic heterocycles. The van der Waals surface area contributed by atoms with E-state index in [-0.39, 0.29) is 5.91 Å². The molecule has 0 spiro atoms. The molecule has 0 aliphatic heterocycles. The SMILES string of the molecule is Cc1ccc(C(=O)Nc2ccon2)cc1Nc1nccn2c(-c3ccccc3)nnc12. The van der Waals surface area contributed by atoms with Crippen LogP contribution in [0.5, 0.6) is 0 Å². The van der Waals surface area contributed by atoms with Crippen LogP contribution < -0.4 is 10.6 Å². The van der Waals surface area contributed by atoms with Gasteiger partial charge in [-0.2, -0.15) is 0 Å². The van der Waals surface area contributed by atoms with Gasteiger partial charge >= 0.3 is 0 Å². The first-order chi connectivity index (χ1) is 15.2. The zero-order chi connectivity index (χ0) is 21.2. The van der Waals surface area contributed by atoms with Crippen LogP contribution in [-0.4, -0.2) is 30.6 Å². The number of hydrogen-bond acceptors (Lipinski definition) is 7. The molecule has 2 aromatic carbocycles. The number of benzene rings is 2. The van der Waals surface area contributed by atoms with Crippen molar-refractivity contribution in [1.29, 1.82) is 0 Å². The molecule has 0 saturated heterocycles. The highest BCUT2D eigenvalue weighted by Gasteiger charge is 2.14. The van der Waals surface area contributed by atoms with Gasteiger partial charge < -0.3 is 15.2 Å². The molecule has 2 N–H and O–H groups in total. The molecule has 0 aliphatic carbocycles. The second-order valence-corrected chi connectivity index (χ2v) is 6.85. The van der Waals surface area contributed by atoms with E-state index < -0.39 is 0 Å². The van der Waals surface area contributed by atoms with Crippen molar-refractivity contribution in [3.8, 4) is 11.4 Å². The van der Waals surface area contributed by atoms with E-state index in [1.807, 2.05) is 53.9 Å². The molecule has 1 amide bonds. The van der Waals surface area contributed by atoms with Crippen molar-refractivity contribution >= 4 is 28.9 Å². The lowest BCUT2D eigenvalue weighted by atomic mass is 10.1. The van der Waals surface area contributed by atoms with Crippen LogP contribution in [0.15, 0.2) is 77.8 Å². The molecule has 0 radical (unpaired) electrons. The Hall–Kier alpha value is -4.53. The van der Waals surface area contributed by atoms with Crippen molar-refractivity contribution in [3.05, 3.63) is 84.4 Å². The Morgan fingerprint density at radius 3 is 2.74 bits per heavy atom. The van der Waals surface area contributed by atoms with Crippen LogP contribution in [-0.2, 0) is 0 Å². The molecule has 5 aromatic rings. The Labute approximate surface area is 176 Å². The number of fused-ring (bicyclic) bond motifs is 1. The van der Waals surface area contributed by atoms with Crippen LogP contribution >= 0.6 is 0 Å². The number of nitrogens with one attached hydrogen (secondary N) is 2. The fourth-order valence-corrected chi connectivity index (χ4v) is 3.19. The van der Waals surface area contributed by atoms with Crippen molar-refractivity contribution in [1.82, 2.24) is 24.7 Å². The van der Waals surface area contributed by atoms with Gasteiger partial charge in [-0.25, -0.2) is 4.98 Å². The molecule has 0 fully saturated rings. The minimum absolute atomic E-state index is 0.294. The van der Waals surface area contributed by atoms with E-state index in [0.717, 1.165) is 22.6 Å². The van der Waals surface area contributed by atoms with Gasteiger partial charge in [-0.15, -0.1) is 10.2 Å². The Morgan fingerprint density at radius 2 is 1.94 bits per heavy atom. The van der Waals surface area contributed by atoms with E-state index in [4.69, 9.17) is 4.52 Å². The Kier molecular flexibility index (Phi) is 4.60. The van der Waals surface area contributed by atoms with Crippen LogP contribution in [0, 0.1) is 6.92 Å². The highest BCUT2D eigenvalue weighted by Crippen LogP contribution is 2.25. The van der Waals surface area contributed by atoms with Crippen LogP contribution in [0.1, 0.15) is 15.9 Å². The van der Waals surface area contributed by atoms with E-state index in [1.54, 1.807) is 24.4 Å². The molecule has 0 saturated carbocycles. The third-order valence-electron chi connectivity index (χ3n) is 4.79. The summed E-state index contributed by atoms with van der Waals surface area (Å²) in [5, 5.41) is 18.3. The molecule has 0 unspecified atom stereocenters. The largest absolute Gasteiger partial charge is 0.363 e. The van der Waals surface area contributed by atoms with E-state index in [9.17, 15) is 4.79 Å². The number of aryl methyl sites for hydroxylation is 1. The van der Waals surface area contributed by atoms with Crippen LogP contribution in [0.2, 0.25) is 0 Å². The summed E-state index contributed by atoms with van der Waals surface area (Å²) in [6.45, 7) is 1.95. The minimum atomic E-state index is -0.294. The van der Waals surface area contributed by atoms with Gasteiger partial charge in [-0.05, 0) is 24.6 Å². The molecule has 9 heteroatoms. The summed E-state index contributed by atoms with van der Waals surface area (Å²) in [5.41, 5.74) is 3.69. The molecule has 0 atom stereocenters. The standard InChI is InChI=1S/C22H17N7O2/c1-14-7-8-16(22(30)25-18-9-12-31-28-18)13-17(14)24-19-21-27-26-20(29(21)11-10-23-19)15-5-3-2-4-6-15/h2-13H,1H3,(H,23,24)(H,25,28,30). The number of carbonyl (C=O) groups is 1. The van der Waals surface area contributed by atoms with E-state index in [0.29, 0.717) is 22.8 Å². The van der Waals surface area contributed by atoms with Gasteiger partial charge in [0.1, 0.15) is 6.26 Å². The number of anilines is 3. The highest BCUT2D eigenvalue weighted by molar-refractivity contribution is 6.04. The molecule has 5 rings (SSSR count). The van der Waals surface area contributed by atoms with E-state index >= 15 is 0 Å². The van der Waals surface area contributed by atoms with Crippen LogP contribution in [0.4, 0.5) is 17.3 Å². The van der Waals surface area contributed by atoms with Gasteiger partial charge in [-0.1, -0.05) is 41.6 Å². The maximum absolute atomic E-state index is 12.5. The second kappa shape index (κ2) is 7.71. The minimum Gasteiger partial charge on any atom is -0.363 e. The first-order valence-electron chi connectivity index (χ1n) is 9.53. The predicted molar refractivity (Wildman–Crippen MR) is 115 cm³/mol. The van der Waals surface area contributed by atoms with Crippen molar-refractivity contribution in [3.63, 3.8) is 0 Å². The lowest BCUT2D eigenvalue weighted by Gasteiger charge is -2.11. The van der Waals surface area contributed by atoms with Gasteiger partial charge in [0.15, 0.2) is 17.5 Å². The first-order valence-corrected chi connectivity index (χ1v) is 9.53. The molecular weight excluding hydrogens is 394 g/mol. The zero-order valence-corrected chi connectivity index (χ0v) is 16.5. The number of rotatable bonds is 5. The maximum atomic E-state index is 12.5. The summed E-state index contributed by atoms with van der Waals surface area (Å²) in [6.07, 6.45) is 4.89. The fourth-order valence-electron chi connectivity index (χ4n) is 3.19. The van der Waals surface area contributed by atoms with Gasteiger partial charge in [0, 0.05) is 35.3 Å². The lowest BCUT2D eigenvalue weighted by molar-refractivity contribution is 0.102. The third-order valence-corrected chi connectivity index (χ3v) is 4.79. The number of aromatic nitrogens is 5. The van der Waals surface area contributed by atoms with Gasteiger partial charge in [0.2, 0.25) is 5.65 Å². The van der Waals surface area contributed by atoms with E-state index in [2.05, 4.69) is 31.0 Å². The van der Waals surface area contributed by atoms with Crippen molar-refractivity contribution in [2.24, 2.45) is 0 Å². The van der Waals surface area contributed by atoms with Crippen LogP contribution in [0.3, 0.4) is 0 Å². The summed E-state index contributed by atoms with van der Waals surface area (Å²) in [5.74, 6) is 1.31. The average molecular weight is 411 g/mol. The molecule has 31 heavy (non-hydrogen) atoms. The molecule has 152 valence electrons. The fraction of sp³-hybridized carbons (Fsp3) is 0.0455. The van der Waals surface area contributed by atoms with Crippen molar-refractivity contribution in [2.75, 3.05) is 10.6 Å². The van der Waals surface area contributed by atoms with E-state index in [1.165, 1.54) is 6.26 Å². The van der Waals surface area contributed by atoms with Gasteiger partial charge in [0.25, 0.3) is 5.91 Å². The van der Waals surface area contributed by atoms with Crippen LogP contribution in [0.25, 0.3) is 17.0 Å². The number of amides is 1. The number of carbonyl (C=O) groups excluding carboxylic acids is 1. The predicted octanol–water partition coefficient (Wildman–Crippen LogP) is 4.08. The Bertz CT molecular complexity index is 1360. The molecule has 0 bridgehead atoms. The first kappa shape index (κ1) is 18.5. The summed E-state index contributed by atoms with van der Waals surface area (Å²) < 4.78 is 6.62. The molecule has 3 heterocycles. The number of nitrogens with zero attached hydrogens (tertiary/aromatic N) is 5. The third kappa shape index (κ3) is 3.60. The topological polar surface area (TPSA) is 110 Å². The maximum Gasteiger partial charge on any atom is 0.256 e. The summed E-state index contributed by atoms with van der Waals surface area (Å²) in [6, 6.07) is 16.8. The van der Waals surface area contributed by atoms with Crippen molar-refractivity contribution < 1.29 is 9.32 Å². The van der Waals surface area contributed by atoms with Crippen molar-refractivity contribution in [2.45, 2.75) is 6.92 Å². The normalized spacial score (nSPS) is 10.9. The quantitative estimate of drug-likeness (QED) is 0.448. The molecule has 0 aliphatic rings. The van der Waals surface area contributed by atoms with Gasteiger partial charge in [0.05, 0.1) is 0 Å². The average Bonchev–Trinajstić information content (AvgIpc) is 3.46. The highest BCUT2D eigenvalue weighted by atomic mass is 16.5. The smallest absolute Gasteiger partial charge is 0.256 e. The zero-order valence-electron chi connectivity index (χ0n) is 16.5.